The highest BCUT2D eigenvalue weighted by atomic mass is 16.2. The van der Waals surface area contributed by atoms with Crippen molar-refractivity contribution in [1.29, 1.82) is 0 Å². The highest BCUT2D eigenvalue weighted by Crippen LogP contribution is 1.97. The van der Waals surface area contributed by atoms with Crippen LogP contribution in [0.1, 0.15) is 13.8 Å². The second-order valence-corrected chi connectivity index (χ2v) is 3.45. The molecule has 3 heteroatoms. The number of hydrogen-bond acceptors (Lipinski definition) is 1. The lowest BCUT2D eigenvalue weighted by Crippen LogP contribution is -2.38. The standard InChI is InChI=1S/C8H18N2O/c1-7(2)6-10(5)8(11)9(3)4/h7H,6H2,1-5H3. The maximum atomic E-state index is 11.2. The molecule has 0 radical (unpaired) electrons. The van der Waals surface area contributed by atoms with E-state index in [1.807, 2.05) is 7.05 Å². The molecule has 0 saturated heterocycles. The SMILES string of the molecule is CC(C)CN(C)C(=O)N(C)C. The monoisotopic (exact) mass is 158 g/mol. The molecule has 0 aliphatic heterocycles. The molecule has 0 aromatic heterocycles. The molecule has 0 aromatic carbocycles. The molecule has 0 fully saturated rings. The van der Waals surface area contributed by atoms with E-state index in [0.29, 0.717) is 5.92 Å². The highest BCUT2D eigenvalue weighted by Gasteiger charge is 2.10. The summed E-state index contributed by atoms with van der Waals surface area (Å²) >= 11 is 0. The van der Waals surface area contributed by atoms with Crippen LogP contribution < -0.4 is 0 Å². The zero-order valence-electron chi connectivity index (χ0n) is 8.09. The Balaban J connectivity index is 3.83. The largest absolute Gasteiger partial charge is 0.331 e. The zero-order valence-corrected chi connectivity index (χ0v) is 8.09. The number of carbonyl (C=O) groups excluding carboxylic acids is 1. The number of hydrogen-bond donors (Lipinski definition) is 0. The molecule has 3 nitrogen and oxygen atoms in total. The Bertz CT molecular complexity index is 132. The van der Waals surface area contributed by atoms with Crippen molar-refractivity contribution in [1.82, 2.24) is 9.80 Å². The molecular weight excluding hydrogens is 140 g/mol. The second kappa shape index (κ2) is 4.21. The maximum absolute atomic E-state index is 11.2. The van der Waals surface area contributed by atoms with Gasteiger partial charge in [0, 0.05) is 27.7 Å². The van der Waals surface area contributed by atoms with Gasteiger partial charge in [0.1, 0.15) is 0 Å². The van der Waals surface area contributed by atoms with Crippen molar-refractivity contribution < 1.29 is 4.79 Å². The van der Waals surface area contributed by atoms with E-state index in [9.17, 15) is 4.79 Å². The Hall–Kier alpha value is -0.730. The third kappa shape index (κ3) is 3.86. The first-order chi connectivity index (χ1) is 4.95. The molecule has 11 heavy (non-hydrogen) atoms. The Kier molecular flexibility index (Phi) is 3.93. The van der Waals surface area contributed by atoms with E-state index in [-0.39, 0.29) is 6.03 Å². The van der Waals surface area contributed by atoms with E-state index in [4.69, 9.17) is 0 Å². The lowest BCUT2D eigenvalue weighted by atomic mass is 10.2. The summed E-state index contributed by atoms with van der Waals surface area (Å²) < 4.78 is 0. The number of amides is 2. The van der Waals surface area contributed by atoms with E-state index in [1.165, 1.54) is 0 Å². The smallest absolute Gasteiger partial charge is 0.319 e. The maximum Gasteiger partial charge on any atom is 0.319 e. The number of urea groups is 1. The van der Waals surface area contributed by atoms with Crippen LogP contribution >= 0.6 is 0 Å². The van der Waals surface area contributed by atoms with Gasteiger partial charge in [-0.25, -0.2) is 4.79 Å². The fraction of sp³-hybridized carbons (Fsp3) is 0.875. The van der Waals surface area contributed by atoms with Crippen molar-refractivity contribution in [2.75, 3.05) is 27.7 Å². The molecule has 0 rings (SSSR count). The molecule has 0 bridgehead atoms. The third-order valence-corrected chi connectivity index (χ3v) is 1.35. The third-order valence-electron chi connectivity index (χ3n) is 1.35. The molecule has 0 spiro atoms. The van der Waals surface area contributed by atoms with E-state index < -0.39 is 0 Å². The molecule has 0 atom stereocenters. The van der Waals surface area contributed by atoms with Crippen LogP contribution in [0.5, 0.6) is 0 Å². The van der Waals surface area contributed by atoms with Crippen LogP contribution in [-0.2, 0) is 0 Å². The lowest BCUT2D eigenvalue weighted by molar-refractivity contribution is 0.177. The molecule has 0 aromatic rings. The Morgan fingerprint density at radius 2 is 1.73 bits per heavy atom. The molecule has 0 saturated carbocycles. The van der Waals surface area contributed by atoms with E-state index >= 15 is 0 Å². The first-order valence-corrected chi connectivity index (χ1v) is 3.87. The van der Waals surface area contributed by atoms with Crippen molar-refractivity contribution in [2.24, 2.45) is 5.92 Å². The van der Waals surface area contributed by atoms with Gasteiger partial charge in [-0.2, -0.15) is 0 Å². The van der Waals surface area contributed by atoms with Gasteiger partial charge in [0.2, 0.25) is 0 Å². The van der Waals surface area contributed by atoms with Gasteiger partial charge >= 0.3 is 6.03 Å². The minimum atomic E-state index is 0.0682. The molecule has 66 valence electrons. The first kappa shape index (κ1) is 10.3. The van der Waals surface area contributed by atoms with E-state index in [2.05, 4.69) is 13.8 Å². The van der Waals surface area contributed by atoms with Gasteiger partial charge in [-0.15, -0.1) is 0 Å². The summed E-state index contributed by atoms with van der Waals surface area (Å²) in [6.07, 6.45) is 0. The van der Waals surface area contributed by atoms with E-state index in [1.54, 1.807) is 23.9 Å². The zero-order chi connectivity index (χ0) is 9.02. The second-order valence-electron chi connectivity index (χ2n) is 3.45. The molecular formula is C8H18N2O. The normalized spacial score (nSPS) is 10.0. The Morgan fingerprint density at radius 1 is 1.27 bits per heavy atom. The highest BCUT2D eigenvalue weighted by molar-refractivity contribution is 5.73. The number of nitrogens with zero attached hydrogens (tertiary/aromatic N) is 2. The topological polar surface area (TPSA) is 23.6 Å². The Labute approximate surface area is 69.0 Å². The molecule has 0 N–H and O–H groups in total. The summed E-state index contributed by atoms with van der Waals surface area (Å²) in [5, 5.41) is 0. The van der Waals surface area contributed by atoms with Crippen LogP contribution in [0.3, 0.4) is 0 Å². The van der Waals surface area contributed by atoms with Gasteiger partial charge in [0.15, 0.2) is 0 Å². The van der Waals surface area contributed by atoms with Crippen molar-refractivity contribution >= 4 is 6.03 Å². The fourth-order valence-electron chi connectivity index (χ4n) is 0.967. The summed E-state index contributed by atoms with van der Waals surface area (Å²) in [5.74, 6) is 0.531. The van der Waals surface area contributed by atoms with Crippen molar-refractivity contribution in [3.63, 3.8) is 0 Å². The first-order valence-electron chi connectivity index (χ1n) is 3.87. The van der Waals surface area contributed by atoms with Crippen LogP contribution in [0.25, 0.3) is 0 Å². The predicted molar refractivity (Wildman–Crippen MR) is 46.6 cm³/mol. The van der Waals surface area contributed by atoms with Gasteiger partial charge in [-0.1, -0.05) is 13.8 Å². The van der Waals surface area contributed by atoms with Crippen LogP contribution in [-0.4, -0.2) is 43.5 Å². The van der Waals surface area contributed by atoms with Crippen LogP contribution in [0.2, 0.25) is 0 Å². The molecule has 0 aliphatic carbocycles. The molecule has 0 unspecified atom stereocenters. The Morgan fingerprint density at radius 3 is 2.00 bits per heavy atom. The van der Waals surface area contributed by atoms with Crippen molar-refractivity contribution in [3.05, 3.63) is 0 Å². The summed E-state index contributed by atoms with van der Waals surface area (Å²) in [5.41, 5.74) is 0. The molecule has 2 amide bonds. The van der Waals surface area contributed by atoms with Gasteiger partial charge < -0.3 is 9.80 Å². The van der Waals surface area contributed by atoms with E-state index in [0.717, 1.165) is 6.54 Å². The van der Waals surface area contributed by atoms with Gasteiger partial charge in [0.25, 0.3) is 0 Å². The average Bonchev–Trinajstić information content (AvgIpc) is 1.84. The van der Waals surface area contributed by atoms with Crippen LogP contribution in [0, 0.1) is 5.92 Å². The molecule has 0 aliphatic rings. The minimum Gasteiger partial charge on any atom is -0.331 e. The summed E-state index contributed by atoms with van der Waals surface area (Å²) in [6, 6.07) is 0.0682. The summed E-state index contributed by atoms with van der Waals surface area (Å²) in [7, 11) is 5.35. The van der Waals surface area contributed by atoms with Gasteiger partial charge in [-0.3, -0.25) is 0 Å². The summed E-state index contributed by atoms with van der Waals surface area (Å²) in [4.78, 5) is 14.5. The number of rotatable bonds is 2. The van der Waals surface area contributed by atoms with Crippen molar-refractivity contribution in [2.45, 2.75) is 13.8 Å². The van der Waals surface area contributed by atoms with Crippen LogP contribution in [0.15, 0.2) is 0 Å². The van der Waals surface area contributed by atoms with Gasteiger partial charge in [0.05, 0.1) is 0 Å². The predicted octanol–water partition coefficient (Wildman–Crippen LogP) is 1.26. The quantitative estimate of drug-likeness (QED) is 0.593. The number of carbonyl (C=O) groups is 1. The average molecular weight is 158 g/mol. The minimum absolute atomic E-state index is 0.0682. The lowest BCUT2D eigenvalue weighted by Gasteiger charge is -2.23. The van der Waals surface area contributed by atoms with Crippen molar-refractivity contribution in [3.8, 4) is 0 Å². The van der Waals surface area contributed by atoms with Gasteiger partial charge in [-0.05, 0) is 5.92 Å². The fourth-order valence-corrected chi connectivity index (χ4v) is 0.967. The summed E-state index contributed by atoms with van der Waals surface area (Å²) in [6.45, 7) is 5.01. The molecule has 0 heterocycles. The van der Waals surface area contributed by atoms with Crippen LogP contribution in [0.4, 0.5) is 4.79 Å².